The SMILES string of the molecule is N#Cc1cccc(C(=O)N[C@@H](CC2CCCCC2)C(=O)NCCNc2ccc(F)cc2)c1. The highest BCUT2D eigenvalue weighted by molar-refractivity contribution is 5.97. The number of amides is 2. The fourth-order valence-corrected chi connectivity index (χ4v) is 4.04. The summed E-state index contributed by atoms with van der Waals surface area (Å²) in [6.07, 6.45) is 6.25. The molecule has 6 nitrogen and oxygen atoms in total. The van der Waals surface area contributed by atoms with E-state index in [9.17, 15) is 14.0 Å². The molecule has 0 spiro atoms. The second kappa shape index (κ2) is 11.8. The predicted octanol–water partition coefficient (Wildman–Crippen LogP) is 3.99. The lowest BCUT2D eigenvalue weighted by molar-refractivity contribution is -0.123. The summed E-state index contributed by atoms with van der Waals surface area (Å²) in [6, 6.07) is 13.9. The highest BCUT2D eigenvalue weighted by atomic mass is 19.1. The number of carbonyl (C=O) groups is 2. The smallest absolute Gasteiger partial charge is 0.251 e. The summed E-state index contributed by atoms with van der Waals surface area (Å²) in [5, 5.41) is 18.0. The van der Waals surface area contributed by atoms with Gasteiger partial charge in [-0.2, -0.15) is 5.26 Å². The summed E-state index contributed by atoms with van der Waals surface area (Å²) < 4.78 is 13.0. The van der Waals surface area contributed by atoms with Gasteiger partial charge >= 0.3 is 0 Å². The van der Waals surface area contributed by atoms with Crippen LogP contribution in [0.1, 0.15) is 54.4 Å². The van der Waals surface area contributed by atoms with Gasteiger partial charge in [-0.3, -0.25) is 9.59 Å². The van der Waals surface area contributed by atoms with E-state index in [2.05, 4.69) is 16.0 Å². The fraction of sp³-hybridized carbons (Fsp3) is 0.400. The van der Waals surface area contributed by atoms with Crippen molar-refractivity contribution in [2.45, 2.75) is 44.6 Å². The van der Waals surface area contributed by atoms with Crippen LogP contribution in [0.15, 0.2) is 48.5 Å². The van der Waals surface area contributed by atoms with E-state index >= 15 is 0 Å². The number of halogens is 1. The van der Waals surface area contributed by atoms with Gasteiger partial charge in [0.25, 0.3) is 5.91 Å². The van der Waals surface area contributed by atoms with Crippen molar-refractivity contribution >= 4 is 17.5 Å². The minimum Gasteiger partial charge on any atom is -0.383 e. The Morgan fingerprint density at radius 2 is 1.81 bits per heavy atom. The average Bonchev–Trinajstić information content (AvgIpc) is 2.83. The molecule has 1 aliphatic carbocycles. The zero-order valence-corrected chi connectivity index (χ0v) is 18.1. The summed E-state index contributed by atoms with van der Waals surface area (Å²) in [5.74, 6) is -0.475. The number of nitriles is 1. The molecule has 3 N–H and O–H groups in total. The topological polar surface area (TPSA) is 94.0 Å². The number of anilines is 1. The van der Waals surface area contributed by atoms with E-state index in [4.69, 9.17) is 5.26 Å². The van der Waals surface area contributed by atoms with E-state index in [1.807, 2.05) is 6.07 Å². The molecule has 1 saturated carbocycles. The quantitative estimate of drug-likeness (QED) is 0.518. The van der Waals surface area contributed by atoms with Gasteiger partial charge in [0.1, 0.15) is 11.9 Å². The molecule has 168 valence electrons. The van der Waals surface area contributed by atoms with Crippen LogP contribution < -0.4 is 16.0 Å². The van der Waals surface area contributed by atoms with Gasteiger partial charge in [-0.25, -0.2) is 4.39 Å². The monoisotopic (exact) mass is 436 g/mol. The van der Waals surface area contributed by atoms with E-state index in [1.54, 1.807) is 30.3 Å². The van der Waals surface area contributed by atoms with E-state index in [1.165, 1.54) is 24.6 Å². The molecule has 3 rings (SSSR count). The summed E-state index contributed by atoms with van der Waals surface area (Å²) in [5.41, 5.74) is 1.53. The normalized spacial score (nSPS) is 14.8. The van der Waals surface area contributed by atoms with Crippen LogP contribution in [0.25, 0.3) is 0 Å². The first kappa shape index (κ1) is 23.3. The number of nitrogens with zero attached hydrogens (tertiary/aromatic N) is 1. The molecule has 0 radical (unpaired) electrons. The van der Waals surface area contributed by atoms with Gasteiger partial charge in [-0.1, -0.05) is 38.2 Å². The van der Waals surface area contributed by atoms with Crippen LogP contribution in [0.5, 0.6) is 0 Å². The summed E-state index contributed by atoms with van der Waals surface area (Å²) in [4.78, 5) is 25.7. The lowest BCUT2D eigenvalue weighted by Crippen LogP contribution is -2.48. The minimum atomic E-state index is -0.637. The number of benzene rings is 2. The Kier molecular flexibility index (Phi) is 8.61. The molecule has 0 aromatic heterocycles. The van der Waals surface area contributed by atoms with Crippen LogP contribution in [0, 0.1) is 23.1 Å². The van der Waals surface area contributed by atoms with Gasteiger partial charge in [0.2, 0.25) is 5.91 Å². The number of hydrogen-bond acceptors (Lipinski definition) is 4. The minimum absolute atomic E-state index is 0.221. The van der Waals surface area contributed by atoms with Crippen molar-refractivity contribution in [1.29, 1.82) is 5.26 Å². The van der Waals surface area contributed by atoms with Gasteiger partial charge in [0.15, 0.2) is 0 Å². The van der Waals surface area contributed by atoms with Crippen molar-refractivity contribution in [2.24, 2.45) is 5.92 Å². The number of nitrogens with one attached hydrogen (secondary N) is 3. The molecule has 1 atom stereocenters. The van der Waals surface area contributed by atoms with Crippen molar-refractivity contribution in [3.63, 3.8) is 0 Å². The van der Waals surface area contributed by atoms with Crippen LogP contribution in [-0.4, -0.2) is 30.9 Å². The molecule has 0 unspecified atom stereocenters. The van der Waals surface area contributed by atoms with Crippen LogP contribution in [-0.2, 0) is 4.79 Å². The first-order valence-corrected chi connectivity index (χ1v) is 11.1. The fourth-order valence-electron chi connectivity index (χ4n) is 4.04. The Hall–Kier alpha value is -3.40. The van der Waals surface area contributed by atoms with Gasteiger partial charge in [0, 0.05) is 24.3 Å². The maximum Gasteiger partial charge on any atom is 0.251 e. The van der Waals surface area contributed by atoms with E-state index < -0.39 is 6.04 Å². The molecule has 0 bridgehead atoms. The third-order valence-electron chi connectivity index (χ3n) is 5.77. The zero-order chi connectivity index (χ0) is 22.8. The van der Waals surface area contributed by atoms with Gasteiger partial charge < -0.3 is 16.0 Å². The molecule has 1 aliphatic rings. The standard InChI is InChI=1S/C25H29FN4O2/c26-21-9-11-22(12-10-21)28-13-14-29-25(32)23(16-18-5-2-1-3-6-18)30-24(31)20-8-4-7-19(15-20)17-27/h4,7-12,15,18,23,28H,1-3,5-6,13-14,16H2,(H,29,32)(H,30,31)/t23-/m0/s1. The van der Waals surface area contributed by atoms with Gasteiger partial charge in [0.05, 0.1) is 11.6 Å². The average molecular weight is 437 g/mol. The van der Waals surface area contributed by atoms with Gasteiger partial charge in [-0.05, 0) is 54.8 Å². The molecule has 1 fully saturated rings. The zero-order valence-electron chi connectivity index (χ0n) is 18.1. The largest absolute Gasteiger partial charge is 0.383 e. The number of hydrogen-bond donors (Lipinski definition) is 3. The first-order chi connectivity index (χ1) is 15.5. The summed E-state index contributed by atoms with van der Waals surface area (Å²) >= 11 is 0. The molecule has 2 aromatic rings. The molecular formula is C25H29FN4O2. The second-order valence-corrected chi connectivity index (χ2v) is 8.18. The molecule has 32 heavy (non-hydrogen) atoms. The van der Waals surface area contributed by atoms with E-state index in [0.29, 0.717) is 36.6 Å². The van der Waals surface area contributed by atoms with Crippen LogP contribution >= 0.6 is 0 Å². The summed E-state index contributed by atoms with van der Waals surface area (Å²) in [6.45, 7) is 0.850. The van der Waals surface area contributed by atoms with Crippen molar-refractivity contribution in [3.05, 3.63) is 65.5 Å². The Morgan fingerprint density at radius 1 is 1.06 bits per heavy atom. The predicted molar refractivity (Wildman–Crippen MR) is 122 cm³/mol. The Morgan fingerprint density at radius 3 is 2.53 bits per heavy atom. The molecule has 0 heterocycles. The lowest BCUT2D eigenvalue weighted by Gasteiger charge is -2.26. The van der Waals surface area contributed by atoms with Crippen molar-refractivity contribution in [2.75, 3.05) is 18.4 Å². The molecule has 7 heteroatoms. The Balaban J connectivity index is 1.57. The van der Waals surface area contributed by atoms with Crippen molar-refractivity contribution in [3.8, 4) is 6.07 Å². The molecule has 0 aliphatic heterocycles. The molecule has 0 saturated heterocycles. The molecular weight excluding hydrogens is 407 g/mol. The van der Waals surface area contributed by atoms with Crippen LogP contribution in [0.3, 0.4) is 0 Å². The van der Waals surface area contributed by atoms with Gasteiger partial charge in [-0.15, -0.1) is 0 Å². The summed E-state index contributed by atoms with van der Waals surface area (Å²) in [7, 11) is 0. The Labute approximate surface area is 188 Å². The Bertz CT molecular complexity index is 949. The number of carbonyl (C=O) groups excluding carboxylic acids is 2. The maximum absolute atomic E-state index is 13.0. The molecule has 2 aromatic carbocycles. The highest BCUT2D eigenvalue weighted by Crippen LogP contribution is 2.27. The van der Waals surface area contributed by atoms with Crippen LogP contribution in [0.2, 0.25) is 0 Å². The number of rotatable bonds is 9. The van der Waals surface area contributed by atoms with Crippen molar-refractivity contribution in [1.82, 2.24) is 10.6 Å². The molecule has 2 amide bonds. The van der Waals surface area contributed by atoms with E-state index in [-0.39, 0.29) is 17.6 Å². The second-order valence-electron chi connectivity index (χ2n) is 8.18. The van der Waals surface area contributed by atoms with Crippen molar-refractivity contribution < 1.29 is 14.0 Å². The highest BCUT2D eigenvalue weighted by Gasteiger charge is 2.26. The third kappa shape index (κ3) is 7.09. The maximum atomic E-state index is 13.0. The first-order valence-electron chi connectivity index (χ1n) is 11.1. The van der Waals surface area contributed by atoms with Crippen LogP contribution in [0.4, 0.5) is 10.1 Å². The van der Waals surface area contributed by atoms with E-state index in [0.717, 1.165) is 31.4 Å². The third-order valence-corrected chi connectivity index (χ3v) is 5.77. The lowest BCUT2D eigenvalue weighted by atomic mass is 9.84.